The summed E-state index contributed by atoms with van der Waals surface area (Å²) in [5.74, 6) is 0.895. The zero-order valence-corrected chi connectivity index (χ0v) is 16.2. The van der Waals surface area contributed by atoms with E-state index >= 15 is 0 Å². The number of nitrogens with one attached hydrogen (secondary N) is 1. The van der Waals surface area contributed by atoms with Crippen molar-refractivity contribution in [2.45, 2.75) is 31.9 Å². The molecular formula is C19H20BrF2N3O2. The molecular weight excluding hydrogens is 420 g/mol. The number of aromatic nitrogens is 1. The van der Waals surface area contributed by atoms with Gasteiger partial charge in [-0.05, 0) is 48.7 Å². The van der Waals surface area contributed by atoms with Crippen LogP contribution in [0.25, 0.3) is 0 Å². The van der Waals surface area contributed by atoms with E-state index in [9.17, 15) is 13.6 Å². The largest absolute Gasteiger partial charge is 0.435 e. The van der Waals surface area contributed by atoms with E-state index in [1.165, 1.54) is 6.07 Å². The number of aryl methyl sites for hydroxylation is 1. The maximum Gasteiger partial charge on any atom is 0.387 e. The van der Waals surface area contributed by atoms with Gasteiger partial charge in [-0.3, -0.25) is 4.79 Å². The molecule has 0 saturated carbocycles. The van der Waals surface area contributed by atoms with Gasteiger partial charge in [0.05, 0.1) is 0 Å². The molecule has 0 spiro atoms. The number of amides is 1. The van der Waals surface area contributed by atoms with Gasteiger partial charge in [0.25, 0.3) is 0 Å². The predicted molar refractivity (Wildman–Crippen MR) is 102 cm³/mol. The molecule has 1 fully saturated rings. The number of rotatable bonds is 7. The van der Waals surface area contributed by atoms with Crippen LogP contribution in [0.15, 0.2) is 47.1 Å². The van der Waals surface area contributed by atoms with Crippen LogP contribution in [0, 0.1) is 0 Å². The first-order valence-corrected chi connectivity index (χ1v) is 9.49. The first-order valence-electron chi connectivity index (χ1n) is 8.70. The summed E-state index contributed by atoms with van der Waals surface area (Å²) < 4.78 is 30.3. The molecule has 1 saturated heterocycles. The molecule has 1 aliphatic rings. The lowest BCUT2D eigenvalue weighted by Crippen LogP contribution is -2.37. The Bertz CT molecular complexity index is 777. The van der Waals surface area contributed by atoms with Crippen LogP contribution in [0.5, 0.6) is 5.75 Å². The molecule has 1 aromatic heterocycles. The van der Waals surface area contributed by atoms with Crippen molar-refractivity contribution in [1.29, 1.82) is 0 Å². The van der Waals surface area contributed by atoms with E-state index in [0.717, 1.165) is 23.3 Å². The smallest absolute Gasteiger partial charge is 0.387 e. The van der Waals surface area contributed by atoms with Crippen molar-refractivity contribution in [2.75, 3.05) is 18.0 Å². The third kappa shape index (κ3) is 5.63. The highest BCUT2D eigenvalue weighted by Crippen LogP contribution is 2.26. The van der Waals surface area contributed by atoms with Crippen molar-refractivity contribution in [3.8, 4) is 5.75 Å². The van der Waals surface area contributed by atoms with E-state index in [1.54, 1.807) is 18.3 Å². The lowest BCUT2D eigenvalue weighted by Gasteiger charge is -2.18. The van der Waals surface area contributed by atoms with Gasteiger partial charge >= 0.3 is 6.61 Å². The van der Waals surface area contributed by atoms with Gasteiger partial charge < -0.3 is 15.0 Å². The average Bonchev–Trinajstić information content (AvgIpc) is 3.11. The van der Waals surface area contributed by atoms with Gasteiger partial charge in [0, 0.05) is 36.2 Å². The molecule has 5 nitrogen and oxygen atoms in total. The summed E-state index contributed by atoms with van der Waals surface area (Å²) in [7, 11) is 0. The Kier molecular flexibility index (Phi) is 6.60. The average molecular weight is 440 g/mol. The number of alkyl halides is 2. The molecule has 0 radical (unpaired) electrons. The highest BCUT2D eigenvalue weighted by molar-refractivity contribution is 9.10. The molecule has 8 heteroatoms. The van der Waals surface area contributed by atoms with Crippen LogP contribution in [-0.2, 0) is 11.2 Å². The predicted octanol–water partition coefficient (Wildman–Crippen LogP) is 3.77. The number of anilines is 1. The van der Waals surface area contributed by atoms with Gasteiger partial charge in [0.1, 0.15) is 11.6 Å². The van der Waals surface area contributed by atoms with E-state index in [1.807, 2.05) is 18.2 Å². The molecule has 2 heterocycles. The second-order valence-corrected chi connectivity index (χ2v) is 7.23. The number of ether oxygens (including phenoxy) is 1. The fourth-order valence-corrected chi connectivity index (χ4v) is 3.54. The Morgan fingerprint density at radius 2 is 2.22 bits per heavy atom. The van der Waals surface area contributed by atoms with Crippen LogP contribution in [0.2, 0.25) is 0 Å². The molecule has 144 valence electrons. The number of pyridine rings is 1. The van der Waals surface area contributed by atoms with Gasteiger partial charge in [-0.15, -0.1) is 0 Å². The van der Waals surface area contributed by atoms with Gasteiger partial charge in [0.15, 0.2) is 0 Å². The number of hydrogen-bond acceptors (Lipinski definition) is 4. The SMILES string of the molecule is O=C(CCc1cc(Br)ccc1OC(F)F)NC1CCN(c2ccccn2)C1. The van der Waals surface area contributed by atoms with E-state index < -0.39 is 6.61 Å². The molecule has 1 aromatic carbocycles. The molecule has 0 aliphatic carbocycles. The zero-order chi connectivity index (χ0) is 19.2. The van der Waals surface area contributed by atoms with E-state index in [2.05, 4.69) is 35.9 Å². The van der Waals surface area contributed by atoms with Crippen molar-refractivity contribution in [2.24, 2.45) is 0 Å². The summed E-state index contributed by atoms with van der Waals surface area (Å²) in [6.45, 7) is -1.35. The number of halogens is 3. The van der Waals surface area contributed by atoms with Gasteiger partial charge in [-0.1, -0.05) is 22.0 Å². The third-order valence-electron chi connectivity index (χ3n) is 4.39. The highest BCUT2D eigenvalue weighted by Gasteiger charge is 2.24. The minimum Gasteiger partial charge on any atom is -0.435 e. The monoisotopic (exact) mass is 439 g/mol. The van der Waals surface area contributed by atoms with Gasteiger partial charge in [-0.25, -0.2) is 4.98 Å². The first-order chi connectivity index (χ1) is 13.0. The lowest BCUT2D eigenvalue weighted by molar-refractivity contribution is -0.121. The molecule has 1 unspecified atom stereocenters. The lowest BCUT2D eigenvalue weighted by atomic mass is 10.1. The number of nitrogens with zero attached hydrogens (tertiary/aromatic N) is 2. The molecule has 2 aromatic rings. The first kappa shape index (κ1) is 19.5. The summed E-state index contributed by atoms with van der Waals surface area (Å²) in [6, 6.07) is 10.6. The molecule has 1 N–H and O–H groups in total. The Hall–Kier alpha value is -2.22. The van der Waals surface area contributed by atoms with Crippen molar-refractivity contribution in [1.82, 2.24) is 10.3 Å². The molecule has 3 rings (SSSR count). The second kappa shape index (κ2) is 9.12. The molecule has 0 bridgehead atoms. The van der Waals surface area contributed by atoms with Gasteiger partial charge in [-0.2, -0.15) is 8.78 Å². The highest BCUT2D eigenvalue weighted by atomic mass is 79.9. The van der Waals surface area contributed by atoms with Gasteiger partial charge in [0.2, 0.25) is 5.91 Å². The van der Waals surface area contributed by atoms with Crippen LogP contribution in [-0.4, -0.2) is 36.6 Å². The third-order valence-corrected chi connectivity index (χ3v) is 4.88. The molecule has 1 aliphatic heterocycles. The Morgan fingerprint density at radius 1 is 1.37 bits per heavy atom. The minimum absolute atomic E-state index is 0.0544. The summed E-state index contributed by atoms with van der Waals surface area (Å²) in [5.41, 5.74) is 0.571. The van der Waals surface area contributed by atoms with Crippen LogP contribution in [0.3, 0.4) is 0 Å². The van der Waals surface area contributed by atoms with E-state index in [4.69, 9.17) is 0 Å². The van der Waals surface area contributed by atoms with Crippen molar-refractivity contribution in [3.05, 3.63) is 52.6 Å². The van der Waals surface area contributed by atoms with Crippen LogP contribution < -0.4 is 15.0 Å². The summed E-state index contributed by atoms with van der Waals surface area (Å²) in [5, 5.41) is 3.01. The van der Waals surface area contributed by atoms with Crippen molar-refractivity contribution >= 4 is 27.7 Å². The maximum atomic E-state index is 12.5. The fraction of sp³-hybridized carbons (Fsp3) is 0.368. The number of hydrogen-bond donors (Lipinski definition) is 1. The zero-order valence-electron chi connectivity index (χ0n) is 14.6. The Labute approximate surface area is 164 Å². The molecule has 1 atom stereocenters. The normalized spacial score (nSPS) is 16.6. The van der Waals surface area contributed by atoms with Crippen molar-refractivity contribution < 1.29 is 18.3 Å². The maximum absolute atomic E-state index is 12.5. The van der Waals surface area contributed by atoms with Crippen LogP contribution in [0.1, 0.15) is 18.4 Å². The summed E-state index contributed by atoms with van der Waals surface area (Å²) in [6.07, 6.45) is 3.12. The number of carbonyl (C=O) groups is 1. The fourth-order valence-electron chi connectivity index (χ4n) is 3.13. The topological polar surface area (TPSA) is 54.5 Å². The minimum atomic E-state index is -2.89. The Balaban J connectivity index is 1.51. The quantitative estimate of drug-likeness (QED) is 0.713. The summed E-state index contributed by atoms with van der Waals surface area (Å²) >= 11 is 3.31. The Morgan fingerprint density at radius 3 is 2.96 bits per heavy atom. The number of benzene rings is 1. The van der Waals surface area contributed by atoms with Crippen LogP contribution >= 0.6 is 15.9 Å². The van der Waals surface area contributed by atoms with E-state index in [-0.39, 0.29) is 24.1 Å². The molecule has 27 heavy (non-hydrogen) atoms. The van der Waals surface area contributed by atoms with E-state index in [0.29, 0.717) is 18.5 Å². The second-order valence-electron chi connectivity index (χ2n) is 6.32. The molecule has 1 amide bonds. The van der Waals surface area contributed by atoms with Crippen molar-refractivity contribution in [3.63, 3.8) is 0 Å². The number of carbonyl (C=O) groups excluding carboxylic acids is 1. The standard InChI is InChI=1S/C19H20BrF2N3O2/c20-14-5-6-16(27-19(21)22)13(11-14)4-7-18(26)24-15-8-10-25(12-15)17-3-1-2-9-23-17/h1-3,5-6,9,11,15,19H,4,7-8,10,12H2,(H,24,26). The summed E-state index contributed by atoms with van der Waals surface area (Å²) in [4.78, 5) is 18.7. The van der Waals surface area contributed by atoms with Crippen LogP contribution in [0.4, 0.5) is 14.6 Å².